The van der Waals surface area contributed by atoms with Crippen LogP contribution in [-0.2, 0) is 4.79 Å². The van der Waals surface area contributed by atoms with Crippen LogP contribution in [0.3, 0.4) is 0 Å². The highest BCUT2D eigenvalue weighted by Crippen LogP contribution is 2.40. The Morgan fingerprint density at radius 1 is 0.800 bits per heavy atom. The normalized spacial score (nSPS) is 17.9. The lowest BCUT2D eigenvalue weighted by Crippen LogP contribution is -2.07. The quantitative estimate of drug-likeness (QED) is 0.354. The van der Waals surface area contributed by atoms with Crippen LogP contribution in [0.15, 0.2) is 48.5 Å². The second kappa shape index (κ2) is 3.90. The molecule has 1 aliphatic carbocycles. The molecule has 3 aromatic carbocycles. The van der Waals surface area contributed by atoms with E-state index in [4.69, 9.17) is 11.6 Å². The second-order valence-electron chi connectivity index (χ2n) is 4.96. The van der Waals surface area contributed by atoms with E-state index in [1.807, 2.05) is 42.5 Å². The number of halogens is 1. The van der Waals surface area contributed by atoms with Gasteiger partial charge in [0.1, 0.15) is 5.38 Å². The summed E-state index contributed by atoms with van der Waals surface area (Å²) in [6, 6.07) is 15.6. The van der Waals surface area contributed by atoms with Gasteiger partial charge in [-0.1, -0.05) is 42.5 Å². The molecule has 3 aromatic rings. The Bertz CT molecular complexity index is 911. The van der Waals surface area contributed by atoms with Crippen molar-refractivity contribution in [2.45, 2.75) is 5.38 Å². The van der Waals surface area contributed by atoms with Gasteiger partial charge in [-0.25, -0.2) is 0 Å². The second-order valence-corrected chi connectivity index (χ2v) is 5.40. The van der Waals surface area contributed by atoms with E-state index in [1.54, 1.807) is 6.07 Å². The first-order chi connectivity index (χ1) is 9.68. The molecule has 1 unspecified atom stereocenters. The molecule has 3 heteroatoms. The Labute approximate surface area is 120 Å². The van der Waals surface area contributed by atoms with Gasteiger partial charge in [0.05, 0.1) is 0 Å². The first kappa shape index (κ1) is 11.6. The molecule has 1 aliphatic rings. The average molecular weight is 281 g/mol. The molecule has 20 heavy (non-hydrogen) atoms. The molecule has 4 rings (SSSR count). The first-order valence-corrected chi connectivity index (χ1v) is 6.79. The van der Waals surface area contributed by atoms with Crippen LogP contribution in [0.5, 0.6) is 0 Å². The van der Waals surface area contributed by atoms with Gasteiger partial charge in [-0.3, -0.25) is 9.59 Å². The summed E-state index contributed by atoms with van der Waals surface area (Å²) in [7, 11) is 0. The minimum absolute atomic E-state index is 0.442. The Balaban J connectivity index is 2.20. The fourth-order valence-electron chi connectivity index (χ4n) is 2.96. The van der Waals surface area contributed by atoms with Crippen molar-refractivity contribution in [3.05, 3.63) is 59.7 Å². The molecule has 0 saturated heterocycles. The molecule has 0 bridgehead atoms. The standard InChI is InChI=1S/C17H9ClO2/c18-15-14-12-6-5-9-3-1-2-4-10(9)11(12)7-8-13(14)16(19)17(15)20/h1-8,15H. The number of carbonyl (C=O) groups is 2. The molecule has 0 radical (unpaired) electrons. The molecule has 0 saturated carbocycles. The van der Waals surface area contributed by atoms with E-state index in [2.05, 4.69) is 0 Å². The lowest BCUT2D eigenvalue weighted by Gasteiger charge is -2.09. The van der Waals surface area contributed by atoms with E-state index in [-0.39, 0.29) is 0 Å². The van der Waals surface area contributed by atoms with E-state index in [9.17, 15) is 9.59 Å². The summed E-state index contributed by atoms with van der Waals surface area (Å²) in [5, 5.41) is 3.28. The SMILES string of the molecule is O=C1C(=O)C(Cl)c2c1ccc1c2ccc2ccccc21. The van der Waals surface area contributed by atoms with Gasteiger partial charge in [0.25, 0.3) is 0 Å². The number of ketones is 2. The Morgan fingerprint density at radius 2 is 1.55 bits per heavy atom. The smallest absolute Gasteiger partial charge is 0.230 e. The highest BCUT2D eigenvalue weighted by Gasteiger charge is 2.38. The lowest BCUT2D eigenvalue weighted by atomic mass is 9.96. The van der Waals surface area contributed by atoms with Crippen molar-refractivity contribution >= 4 is 44.7 Å². The molecule has 0 aliphatic heterocycles. The van der Waals surface area contributed by atoms with Gasteiger partial charge in [-0.05, 0) is 33.2 Å². The Kier molecular flexibility index (Phi) is 2.27. The van der Waals surface area contributed by atoms with Crippen molar-refractivity contribution in [2.75, 3.05) is 0 Å². The van der Waals surface area contributed by atoms with Crippen LogP contribution < -0.4 is 0 Å². The fourth-order valence-corrected chi connectivity index (χ4v) is 3.30. The van der Waals surface area contributed by atoms with Crippen LogP contribution >= 0.6 is 11.6 Å². The molecular formula is C17H9ClO2. The molecule has 96 valence electrons. The number of benzene rings is 3. The topological polar surface area (TPSA) is 34.1 Å². The van der Waals surface area contributed by atoms with Crippen LogP contribution in [0.1, 0.15) is 21.3 Å². The fraction of sp³-hybridized carbons (Fsp3) is 0.0588. The summed E-state index contributed by atoms with van der Waals surface area (Å²) in [6.07, 6.45) is 0. The third-order valence-electron chi connectivity index (χ3n) is 3.92. The average Bonchev–Trinajstić information content (AvgIpc) is 2.72. The van der Waals surface area contributed by atoms with E-state index >= 15 is 0 Å². The number of rotatable bonds is 0. The van der Waals surface area contributed by atoms with Crippen molar-refractivity contribution in [1.29, 1.82) is 0 Å². The van der Waals surface area contributed by atoms with Gasteiger partial charge in [0.15, 0.2) is 0 Å². The molecule has 0 N–H and O–H groups in total. The third-order valence-corrected chi connectivity index (χ3v) is 4.34. The van der Waals surface area contributed by atoms with E-state index in [1.165, 1.54) is 0 Å². The van der Waals surface area contributed by atoms with Crippen molar-refractivity contribution in [3.8, 4) is 0 Å². The molecule has 2 nitrogen and oxygen atoms in total. The predicted molar refractivity (Wildman–Crippen MR) is 79.4 cm³/mol. The number of carbonyl (C=O) groups excluding carboxylic acids is 2. The summed E-state index contributed by atoms with van der Waals surface area (Å²) in [5.41, 5.74) is 1.10. The number of Topliss-reactive ketones (excluding diaryl/α,β-unsaturated/α-hetero) is 2. The summed E-state index contributed by atoms with van der Waals surface area (Å²) >= 11 is 6.15. The summed E-state index contributed by atoms with van der Waals surface area (Å²) in [5.74, 6) is -1.00. The minimum Gasteiger partial charge on any atom is -0.288 e. The molecule has 1 atom stereocenters. The lowest BCUT2D eigenvalue weighted by molar-refractivity contribution is -0.114. The van der Waals surface area contributed by atoms with Gasteiger partial charge in [0.2, 0.25) is 11.6 Å². The van der Waals surface area contributed by atoms with E-state index in [0.717, 1.165) is 21.5 Å². The van der Waals surface area contributed by atoms with Gasteiger partial charge in [-0.2, -0.15) is 0 Å². The van der Waals surface area contributed by atoms with Crippen molar-refractivity contribution in [2.24, 2.45) is 0 Å². The number of hydrogen-bond donors (Lipinski definition) is 0. The van der Waals surface area contributed by atoms with Gasteiger partial charge >= 0.3 is 0 Å². The maximum atomic E-state index is 11.9. The van der Waals surface area contributed by atoms with Crippen molar-refractivity contribution < 1.29 is 9.59 Å². The molecule has 0 heterocycles. The van der Waals surface area contributed by atoms with Gasteiger partial charge in [-0.15, -0.1) is 11.6 Å². The zero-order valence-corrected chi connectivity index (χ0v) is 11.1. The number of hydrogen-bond acceptors (Lipinski definition) is 2. The zero-order valence-electron chi connectivity index (χ0n) is 10.4. The first-order valence-electron chi connectivity index (χ1n) is 6.35. The molecule has 0 spiro atoms. The van der Waals surface area contributed by atoms with Crippen LogP contribution in [0.2, 0.25) is 0 Å². The number of alkyl halides is 1. The van der Waals surface area contributed by atoms with Gasteiger partial charge < -0.3 is 0 Å². The maximum absolute atomic E-state index is 11.9. The molecule has 0 fully saturated rings. The molecule has 0 aromatic heterocycles. The van der Waals surface area contributed by atoms with Crippen LogP contribution in [0.4, 0.5) is 0 Å². The highest BCUT2D eigenvalue weighted by molar-refractivity contribution is 6.57. The van der Waals surface area contributed by atoms with Crippen LogP contribution in [0, 0.1) is 0 Å². The maximum Gasteiger partial charge on any atom is 0.230 e. The minimum atomic E-state index is -0.859. The number of fused-ring (bicyclic) bond motifs is 5. The largest absolute Gasteiger partial charge is 0.288 e. The summed E-state index contributed by atoms with van der Waals surface area (Å²) in [4.78, 5) is 23.7. The van der Waals surface area contributed by atoms with Crippen molar-refractivity contribution in [3.63, 3.8) is 0 Å². The van der Waals surface area contributed by atoms with E-state index in [0.29, 0.717) is 11.1 Å². The Morgan fingerprint density at radius 3 is 2.40 bits per heavy atom. The van der Waals surface area contributed by atoms with Crippen molar-refractivity contribution in [1.82, 2.24) is 0 Å². The third kappa shape index (κ3) is 1.34. The van der Waals surface area contributed by atoms with Crippen LogP contribution in [-0.4, -0.2) is 11.6 Å². The highest BCUT2D eigenvalue weighted by atomic mass is 35.5. The zero-order chi connectivity index (χ0) is 13.9. The molecular weight excluding hydrogens is 272 g/mol. The monoisotopic (exact) mass is 280 g/mol. The van der Waals surface area contributed by atoms with Crippen LogP contribution in [0.25, 0.3) is 21.5 Å². The Hall–Kier alpha value is -2.19. The molecule has 0 amide bonds. The van der Waals surface area contributed by atoms with Gasteiger partial charge in [0, 0.05) is 5.56 Å². The van der Waals surface area contributed by atoms with E-state index < -0.39 is 16.9 Å². The summed E-state index contributed by atoms with van der Waals surface area (Å²) in [6.45, 7) is 0. The predicted octanol–water partition coefficient (Wildman–Crippen LogP) is 4.04. The summed E-state index contributed by atoms with van der Waals surface area (Å²) < 4.78 is 0.